The van der Waals surface area contributed by atoms with Crippen LogP contribution in [0.25, 0.3) is 0 Å². The Bertz CT molecular complexity index is 528. The summed E-state index contributed by atoms with van der Waals surface area (Å²) in [5.74, 6) is -0.100. The fraction of sp³-hybridized carbons (Fsp3) is 0.417. The maximum Gasteiger partial charge on any atom is 0.230 e. The van der Waals surface area contributed by atoms with Gasteiger partial charge in [0.15, 0.2) is 0 Å². The Labute approximate surface area is 105 Å². The van der Waals surface area contributed by atoms with Crippen molar-refractivity contribution >= 4 is 5.78 Å². The molecule has 2 rings (SSSR count). The van der Waals surface area contributed by atoms with Crippen molar-refractivity contribution in [3.63, 3.8) is 0 Å². The van der Waals surface area contributed by atoms with Crippen LogP contribution in [-0.2, 0) is 13.1 Å². The van der Waals surface area contributed by atoms with E-state index in [2.05, 4.69) is 10.1 Å². The number of nitrogens with zero attached hydrogens (tertiary/aromatic N) is 4. The van der Waals surface area contributed by atoms with Crippen LogP contribution >= 0.6 is 0 Å². The number of ketones is 1. The van der Waals surface area contributed by atoms with E-state index >= 15 is 0 Å². The van der Waals surface area contributed by atoms with E-state index in [1.807, 2.05) is 11.5 Å². The van der Waals surface area contributed by atoms with Crippen LogP contribution in [0, 0.1) is 0 Å². The average Bonchev–Trinajstić information content (AvgIpc) is 2.98. The average molecular weight is 247 g/mol. The van der Waals surface area contributed by atoms with Gasteiger partial charge in [-0.2, -0.15) is 5.10 Å². The number of aryl methyl sites for hydroxylation is 1. The van der Waals surface area contributed by atoms with Crippen molar-refractivity contribution in [2.45, 2.75) is 26.4 Å². The van der Waals surface area contributed by atoms with Crippen molar-refractivity contribution in [3.8, 4) is 0 Å². The molecule has 2 heterocycles. The van der Waals surface area contributed by atoms with Crippen LogP contribution in [0.2, 0.25) is 0 Å². The summed E-state index contributed by atoms with van der Waals surface area (Å²) >= 11 is 0. The number of nitrogens with two attached hydrogens (primary N) is 1. The fourth-order valence-corrected chi connectivity index (χ4v) is 1.80. The van der Waals surface area contributed by atoms with Gasteiger partial charge in [-0.3, -0.25) is 9.48 Å². The SMILES string of the molecule is CCCn1nccc1C(=O)c1cn(CCN)cn1. The first-order valence-electron chi connectivity index (χ1n) is 6.04. The molecular formula is C12H17N5O. The van der Waals surface area contributed by atoms with Gasteiger partial charge in [-0.05, 0) is 12.5 Å². The standard InChI is InChI=1S/C12H17N5O/c1-2-6-17-11(3-5-15-17)12(18)10-8-16(7-4-13)9-14-10/h3,5,8-9H,2,4,6-7,13H2,1H3. The molecule has 18 heavy (non-hydrogen) atoms. The second kappa shape index (κ2) is 5.59. The predicted octanol–water partition coefficient (Wildman–Crippen LogP) is 0.679. The minimum atomic E-state index is -0.100. The Morgan fingerprint density at radius 2 is 2.28 bits per heavy atom. The zero-order valence-electron chi connectivity index (χ0n) is 10.4. The molecule has 0 radical (unpaired) electrons. The first-order valence-corrected chi connectivity index (χ1v) is 6.04. The number of hydrogen-bond acceptors (Lipinski definition) is 4. The van der Waals surface area contributed by atoms with Gasteiger partial charge in [-0.15, -0.1) is 0 Å². The highest BCUT2D eigenvalue weighted by molar-refractivity contribution is 6.06. The second-order valence-electron chi connectivity index (χ2n) is 4.05. The predicted molar refractivity (Wildman–Crippen MR) is 67.2 cm³/mol. The fourth-order valence-electron chi connectivity index (χ4n) is 1.80. The highest BCUT2D eigenvalue weighted by Gasteiger charge is 2.16. The Hall–Kier alpha value is -1.95. The van der Waals surface area contributed by atoms with E-state index in [-0.39, 0.29) is 5.78 Å². The van der Waals surface area contributed by atoms with Crippen molar-refractivity contribution in [1.82, 2.24) is 19.3 Å². The third-order valence-corrected chi connectivity index (χ3v) is 2.64. The molecule has 0 aliphatic rings. The van der Waals surface area contributed by atoms with Crippen LogP contribution in [0.3, 0.4) is 0 Å². The molecule has 2 aromatic heterocycles. The van der Waals surface area contributed by atoms with Gasteiger partial charge in [-0.25, -0.2) is 4.98 Å². The van der Waals surface area contributed by atoms with Gasteiger partial charge in [0.05, 0.1) is 6.33 Å². The lowest BCUT2D eigenvalue weighted by Gasteiger charge is -2.03. The molecular weight excluding hydrogens is 230 g/mol. The zero-order valence-corrected chi connectivity index (χ0v) is 10.4. The Kier molecular flexibility index (Phi) is 3.88. The molecule has 0 bridgehead atoms. The minimum Gasteiger partial charge on any atom is -0.335 e. The van der Waals surface area contributed by atoms with Gasteiger partial charge in [0.25, 0.3) is 0 Å². The molecule has 0 unspecified atom stereocenters. The molecule has 0 atom stereocenters. The third kappa shape index (κ3) is 2.48. The first kappa shape index (κ1) is 12.5. The van der Waals surface area contributed by atoms with E-state index in [0.717, 1.165) is 13.0 Å². The molecule has 96 valence electrons. The van der Waals surface area contributed by atoms with E-state index in [1.54, 1.807) is 29.5 Å². The number of imidazole rings is 1. The molecule has 0 saturated heterocycles. The van der Waals surface area contributed by atoms with Gasteiger partial charge in [-0.1, -0.05) is 6.92 Å². The summed E-state index contributed by atoms with van der Waals surface area (Å²) in [7, 11) is 0. The molecule has 0 aliphatic heterocycles. The molecule has 0 saturated carbocycles. The third-order valence-electron chi connectivity index (χ3n) is 2.64. The minimum absolute atomic E-state index is 0.100. The molecule has 2 N–H and O–H groups in total. The van der Waals surface area contributed by atoms with Gasteiger partial charge in [0.2, 0.25) is 5.78 Å². The molecule has 6 nitrogen and oxygen atoms in total. The smallest absolute Gasteiger partial charge is 0.230 e. The van der Waals surface area contributed by atoms with E-state index < -0.39 is 0 Å². The number of carbonyl (C=O) groups is 1. The van der Waals surface area contributed by atoms with E-state index in [0.29, 0.717) is 24.5 Å². The molecule has 0 spiro atoms. The monoisotopic (exact) mass is 247 g/mol. The first-order chi connectivity index (χ1) is 8.76. The summed E-state index contributed by atoms with van der Waals surface area (Å²) in [6.07, 6.45) is 5.92. The van der Waals surface area contributed by atoms with Gasteiger partial charge < -0.3 is 10.3 Å². The molecule has 0 amide bonds. The zero-order chi connectivity index (χ0) is 13.0. The second-order valence-corrected chi connectivity index (χ2v) is 4.05. The number of rotatable bonds is 6. The molecule has 0 fully saturated rings. The number of aromatic nitrogens is 4. The van der Waals surface area contributed by atoms with Gasteiger partial charge in [0.1, 0.15) is 11.4 Å². The molecule has 2 aromatic rings. The Morgan fingerprint density at radius 1 is 1.44 bits per heavy atom. The maximum atomic E-state index is 12.3. The van der Waals surface area contributed by atoms with Crippen LogP contribution in [-0.4, -0.2) is 31.7 Å². The number of carbonyl (C=O) groups excluding carboxylic acids is 1. The largest absolute Gasteiger partial charge is 0.335 e. The maximum absolute atomic E-state index is 12.3. The van der Waals surface area contributed by atoms with Crippen molar-refractivity contribution < 1.29 is 4.79 Å². The summed E-state index contributed by atoms with van der Waals surface area (Å²) in [4.78, 5) is 16.4. The lowest BCUT2D eigenvalue weighted by molar-refractivity contribution is 0.102. The lowest BCUT2D eigenvalue weighted by Crippen LogP contribution is -2.12. The molecule has 0 aliphatic carbocycles. The van der Waals surface area contributed by atoms with Gasteiger partial charge in [0, 0.05) is 32.0 Å². The topological polar surface area (TPSA) is 78.7 Å². The van der Waals surface area contributed by atoms with Crippen molar-refractivity contribution in [1.29, 1.82) is 0 Å². The Morgan fingerprint density at radius 3 is 3.00 bits per heavy atom. The van der Waals surface area contributed by atoms with Gasteiger partial charge >= 0.3 is 0 Å². The van der Waals surface area contributed by atoms with Crippen LogP contribution in [0.5, 0.6) is 0 Å². The lowest BCUT2D eigenvalue weighted by atomic mass is 10.2. The highest BCUT2D eigenvalue weighted by atomic mass is 16.1. The summed E-state index contributed by atoms with van der Waals surface area (Å²) in [5.41, 5.74) is 6.47. The van der Waals surface area contributed by atoms with E-state index in [1.165, 1.54) is 0 Å². The number of hydrogen-bond donors (Lipinski definition) is 1. The van der Waals surface area contributed by atoms with Crippen LogP contribution < -0.4 is 5.73 Å². The van der Waals surface area contributed by atoms with Crippen LogP contribution in [0.4, 0.5) is 0 Å². The van der Waals surface area contributed by atoms with Crippen molar-refractivity contribution in [2.24, 2.45) is 5.73 Å². The summed E-state index contributed by atoms with van der Waals surface area (Å²) in [6.45, 7) is 3.97. The summed E-state index contributed by atoms with van der Waals surface area (Å²) in [5, 5.41) is 4.14. The normalized spacial score (nSPS) is 10.8. The summed E-state index contributed by atoms with van der Waals surface area (Å²) < 4.78 is 3.53. The molecule has 6 heteroatoms. The quantitative estimate of drug-likeness (QED) is 0.761. The molecule has 0 aromatic carbocycles. The van der Waals surface area contributed by atoms with Crippen LogP contribution in [0.1, 0.15) is 29.5 Å². The highest BCUT2D eigenvalue weighted by Crippen LogP contribution is 2.08. The summed E-state index contributed by atoms with van der Waals surface area (Å²) in [6, 6.07) is 1.72. The van der Waals surface area contributed by atoms with E-state index in [9.17, 15) is 4.79 Å². The Balaban J connectivity index is 2.21. The van der Waals surface area contributed by atoms with Crippen LogP contribution in [0.15, 0.2) is 24.8 Å². The van der Waals surface area contributed by atoms with Crippen molar-refractivity contribution in [2.75, 3.05) is 6.54 Å². The van der Waals surface area contributed by atoms with Crippen molar-refractivity contribution in [3.05, 3.63) is 36.2 Å². The van der Waals surface area contributed by atoms with E-state index in [4.69, 9.17) is 5.73 Å².